The van der Waals surface area contributed by atoms with E-state index in [1.165, 1.54) is 11.1 Å². The molecule has 0 saturated carbocycles. The summed E-state index contributed by atoms with van der Waals surface area (Å²) < 4.78 is 11.7. The Balaban J connectivity index is 2.11. The standard InChI is InChI=1S/C19H20O2/c1-4-20-15-10-11-16-17(14-8-6-5-7-9-14)13-19(2,3)21-18(16)12-15/h5-13H,4H2,1-3H3. The summed E-state index contributed by atoms with van der Waals surface area (Å²) in [5, 5.41) is 0. The van der Waals surface area contributed by atoms with Crippen molar-refractivity contribution in [1.82, 2.24) is 0 Å². The molecule has 2 aromatic carbocycles. The summed E-state index contributed by atoms with van der Waals surface area (Å²) in [6.45, 7) is 6.79. The van der Waals surface area contributed by atoms with Gasteiger partial charge in [0.1, 0.15) is 17.1 Å². The molecule has 1 heterocycles. The molecule has 1 aliphatic heterocycles. The Morgan fingerprint density at radius 1 is 1.05 bits per heavy atom. The summed E-state index contributed by atoms with van der Waals surface area (Å²) in [4.78, 5) is 0. The Hall–Kier alpha value is -2.22. The first-order chi connectivity index (χ1) is 10.1. The lowest BCUT2D eigenvalue weighted by atomic mass is 9.90. The van der Waals surface area contributed by atoms with Crippen molar-refractivity contribution in [2.75, 3.05) is 6.61 Å². The van der Waals surface area contributed by atoms with Crippen LogP contribution in [-0.2, 0) is 0 Å². The summed E-state index contributed by atoms with van der Waals surface area (Å²) in [5.41, 5.74) is 3.20. The van der Waals surface area contributed by atoms with Gasteiger partial charge in [0.25, 0.3) is 0 Å². The van der Waals surface area contributed by atoms with Crippen LogP contribution in [0.15, 0.2) is 54.6 Å². The number of benzene rings is 2. The maximum atomic E-state index is 6.10. The molecule has 21 heavy (non-hydrogen) atoms. The molecule has 0 aromatic heterocycles. The first kappa shape index (κ1) is 13.7. The van der Waals surface area contributed by atoms with Crippen molar-refractivity contribution in [3.63, 3.8) is 0 Å². The third kappa shape index (κ3) is 2.80. The molecule has 2 nitrogen and oxygen atoms in total. The molecule has 3 rings (SSSR count). The monoisotopic (exact) mass is 280 g/mol. The molecule has 2 heteroatoms. The molecule has 0 unspecified atom stereocenters. The van der Waals surface area contributed by atoms with Gasteiger partial charge in [-0.05, 0) is 50.1 Å². The van der Waals surface area contributed by atoms with E-state index in [1.807, 2.05) is 25.1 Å². The third-order valence-electron chi connectivity index (χ3n) is 3.50. The van der Waals surface area contributed by atoms with E-state index in [-0.39, 0.29) is 5.60 Å². The molecule has 0 bridgehead atoms. The van der Waals surface area contributed by atoms with E-state index in [1.54, 1.807) is 0 Å². The Morgan fingerprint density at radius 2 is 1.81 bits per heavy atom. The Bertz CT molecular complexity index is 669. The van der Waals surface area contributed by atoms with Crippen molar-refractivity contribution in [3.05, 3.63) is 65.7 Å². The second-order valence-corrected chi connectivity index (χ2v) is 5.72. The maximum absolute atomic E-state index is 6.10. The van der Waals surface area contributed by atoms with E-state index >= 15 is 0 Å². The van der Waals surface area contributed by atoms with Crippen LogP contribution in [0.3, 0.4) is 0 Å². The zero-order chi connectivity index (χ0) is 14.9. The summed E-state index contributed by atoms with van der Waals surface area (Å²) in [6.07, 6.45) is 2.19. The molecule has 0 amide bonds. The van der Waals surface area contributed by atoms with Crippen LogP contribution in [0.25, 0.3) is 5.57 Å². The fourth-order valence-corrected chi connectivity index (χ4v) is 2.66. The van der Waals surface area contributed by atoms with Gasteiger partial charge in [0.15, 0.2) is 0 Å². The van der Waals surface area contributed by atoms with Crippen LogP contribution in [0.1, 0.15) is 31.9 Å². The molecule has 1 aliphatic rings. The third-order valence-corrected chi connectivity index (χ3v) is 3.50. The first-order valence-corrected chi connectivity index (χ1v) is 7.33. The zero-order valence-electron chi connectivity index (χ0n) is 12.7. The molecule has 0 atom stereocenters. The predicted octanol–water partition coefficient (Wildman–Crippen LogP) is 4.69. The van der Waals surface area contributed by atoms with Crippen LogP contribution in [0.2, 0.25) is 0 Å². The molecule has 108 valence electrons. The van der Waals surface area contributed by atoms with Crippen molar-refractivity contribution >= 4 is 5.57 Å². The van der Waals surface area contributed by atoms with Crippen molar-refractivity contribution in [1.29, 1.82) is 0 Å². The first-order valence-electron chi connectivity index (χ1n) is 7.33. The Kier molecular flexibility index (Phi) is 3.46. The highest BCUT2D eigenvalue weighted by Gasteiger charge is 2.27. The van der Waals surface area contributed by atoms with Crippen molar-refractivity contribution < 1.29 is 9.47 Å². The van der Waals surface area contributed by atoms with Crippen LogP contribution in [0.4, 0.5) is 0 Å². The van der Waals surface area contributed by atoms with Gasteiger partial charge in [-0.15, -0.1) is 0 Å². The van der Waals surface area contributed by atoms with Gasteiger partial charge in [0.05, 0.1) is 6.61 Å². The lowest BCUT2D eigenvalue weighted by molar-refractivity contribution is 0.157. The fraction of sp³-hybridized carbons (Fsp3) is 0.263. The highest BCUT2D eigenvalue weighted by Crippen LogP contribution is 2.41. The number of fused-ring (bicyclic) bond motifs is 1. The topological polar surface area (TPSA) is 18.5 Å². The summed E-state index contributed by atoms with van der Waals surface area (Å²) in [7, 11) is 0. The molecule has 0 spiro atoms. The minimum absolute atomic E-state index is 0.330. The van der Waals surface area contributed by atoms with Gasteiger partial charge in [-0.25, -0.2) is 0 Å². The average Bonchev–Trinajstić information content (AvgIpc) is 2.46. The minimum Gasteiger partial charge on any atom is -0.494 e. The molecule has 0 radical (unpaired) electrons. The van der Waals surface area contributed by atoms with E-state index < -0.39 is 0 Å². The normalized spacial score (nSPS) is 15.7. The quantitative estimate of drug-likeness (QED) is 0.812. The number of rotatable bonds is 3. The van der Waals surface area contributed by atoms with Crippen LogP contribution in [-0.4, -0.2) is 12.2 Å². The van der Waals surface area contributed by atoms with Crippen LogP contribution >= 0.6 is 0 Å². The highest BCUT2D eigenvalue weighted by molar-refractivity contribution is 5.85. The van der Waals surface area contributed by atoms with Crippen molar-refractivity contribution in [2.24, 2.45) is 0 Å². The average molecular weight is 280 g/mol. The Labute approximate surface area is 126 Å². The highest BCUT2D eigenvalue weighted by atomic mass is 16.5. The van der Waals surface area contributed by atoms with Gasteiger partial charge in [-0.2, -0.15) is 0 Å². The second-order valence-electron chi connectivity index (χ2n) is 5.72. The lowest BCUT2D eigenvalue weighted by Gasteiger charge is -2.31. The fourth-order valence-electron chi connectivity index (χ4n) is 2.66. The van der Waals surface area contributed by atoms with Crippen LogP contribution in [0.5, 0.6) is 11.5 Å². The largest absolute Gasteiger partial charge is 0.494 e. The smallest absolute Gasteiger partial charge is 0.132 e. The molecule has 0 saturated heterocycles. The van der Waals surface area contributed by atoms with Crippen molar-refractivity contribution in [2.45, 2.75) is 26.4 Å². The molecular formula is C19H20O2. The van der Waals surface area contributed by atoms with Crippen LogP contribution in [0, 0.1) is 0 Å². The van der Waals surface area contributed by atoms with E-state index in [4.69, 9.17) is 9.47 Å². The Morgan fingerprint density at radius 3 is 2.52 bits per heavy atom. The summed E-state index contributed by atoms with van der Waals surface area (Å²) >= 11 is 0. The molecular weight excluding hydrogens is 260 g/mol. The lowest BCUT2D eigenvalue weighted by Crippen LogP contribution is -2.29. The van der Waals surface area contributed by atoms with Crippen LogP contribution < -0.4 is 9.47 Å². The van der Waals surface area contributed by atoms with E-state index in [2.05, 4.69) is 50.3 Å². The SMILES string of the molecule is CCOc1ccc2c(c1)OC(C)(C)C=C2c1ccccc1. The van der Waals surface area contributed by atoms with E-state index in [0.717, 1.165) is 17.1 Å². The van der Waals surface area contributed by atoms with Gasteiger partial charge in [0, 0.05) is 11.6 Å². The zero-order valence-corrected chi connectivity index (χ0v) is 12.7. The summed E-state index contributed by atoms with van der Waals surface area (Å²) in [5.74, 6) is 1.73. The number of hydrogen-bond acceptors (Lipinski definition) is 2. The number of ether oxygens (including phenoxy) is 2. The molecule has 0 aliphatic carbocycles. The van der Waals surface area contributed by atoms with E-state index in [0.29, 0.717) is 6.61 Å². The summed E-state index contributed by atoms with van der Waals surface area (Å²) in [6, 6.07) is 16.5. The number of hydrogen-bond donors (Lipinski definition) is 0. The second kappa shape index (κ2) is 5.28. The molecule has 0 N–H and O–H groups in total. The van der Waals surface area contributed by atoms with Crippen molar-refractivity contribution in [3.8, 4) is 11.5 Å². The minimum atomic E-state index is -0.330. The van der Waals surface area contributed by atoms with Gasteiger partial charge in [0.2, 0.25) is 0 Å². The van der Waals surface area contributed by atoms with E-state index in [9.17, 15) is 0 Å². The van der Waals surface area contributed by atoms with Gasteiger partial charge in [-0.3, -0.25) is 0 Å². The predicted molar refractivity (Wildman–Crippen MR) is 85.8 cm³/mol. The molecule has 0 fully saturated rings. The maximum Gasteiger partial charge on any atom is 0.132 e. The molecule has 2 aromatic rings. The van der Waals surface area contributed by atoms with Gasteiger partial charge >= 0.3 is 0 Å². The van der Waals surface area contributed by atoms with Gasteiger partial charge in [-0.1, -0.05) is 30.3 Å². The van der Waals surface area contributed by atoms with Gasteiger partial charge < -0.3 is 9.47 Å².